The van der Waals surface area contributed by atoms with Gasteiger partial charge in [0.25, 0.3) is 0 Å². The van der Waals surface area contributed by atoms with Gasteiger partial charge in [-0.15, -0.1) is 11.3 Å². The molecule has 126 valence electrons. The molecule has 4 nitrogen and oxygen atoms in total. The molecule has 1 N–H and O–H groups in total. The molecule has 0 radical (unpaired) electrons. The molecule has 8 heteroatoms. The summed E-state index contributed by atoms with van der Waals surface area (Å²) in [6.45, 7) is 0.152. The molecule has 0 aliphatic rings. The SMILES string of the molecule is O=S(=O)(NCCc1ccc(-c2ccco2)s1)c1ccc(F)c(F)c1. The van der Waals surface area contributed by atoms with Crippen molar-refractivity contribution < 1.29 is 21.6 Å². The van der Waals surface area contributed by atoms with Gasteiger partial charge in [-0.25, -0.2) is 21.9 Å². The van der Waals surface area contributed by atoms with Crippen molar-refractivity contribution in [1.82, 2.24) is 4.72 Å². The minimum Gasteiger partial charge on any atom is -0.464 e. The maximum Gasteiger partial charge on any atom is 0.240 e. The Morgan fingerprint density at radius 1 is 1.08 bits per heavy atom. The van der Waals surface area contributed by atoms with Crippen LogP contribution in [0.15, 0.2) is 58.0 Å². The Bertz CT molecular complexity index is 934. The highest BCUT2D eigenvalue weighted by Gasteiger charge is 2.16. The molecule has 1 aromatic carbocycles. The molecule has 0 saturated carbocycles. The van der Waals surface area contributed by atoms with Crippen LogP contribution >= 0.6 is 11.3 Å². The summed E-state index contributed by atoms with van der Waals surface area (Å²) >= 11 is 1.50. The zero-order valence-corrected chi connectivity index (χ0v) is 14.0. The van der Waals surface area contributed by atoms with Crippen LogP contribution < -0.4 is 4.72 Å². The number of hydrogen-bond donors (Lipinski definition) is 1. The van der Waals surface area contributed by atoms with Crippen molar-refractivity contribution in [2.75, 3.05) is 6.54 Å². The second-order valence-electron chi connectivity index (χ2n) is 4.97. The highest BCUT2D eigenvalue weighted by molar-refractivity contribution is 7.89. The minimum atomic E-state index is -3.88. The summed E-state index contributed by atoms with van der Waals surface area (Å²) in [5.41, 5.74) is 0. The van der Waals surface area contributed by atoms with E-state index < -0.39 is 21.7 Å². The van der Waals surface area contributed by atoms with Crippen LogP contribution in [-0.4, -0.2) is 15.0 Å². The molecule has 2 aromatic heterocycles. The number of thiophene rings is 1. The van der Waals surface area contributed by atoms with Gasteiger partial charge in [0.15, 0.2) is 11.6 Å². The first-order valence-electron chi connectivity index (χ1n) is 7.03. The average Bonchev–Trinajstić information content (AvgIpc) is 3.20. The topological polar surface area (TPSA) is 59.3 Å². The minimum absolute atomic E-state index is 0.152. The van der Waals surface area contributed by atoms with E-state index in [0.717, 1.165) is 27.6 Å². The fraction of sp³-hybridized carbons (Fsp3) is 0.125. The van der Waals surface area contributed by atoms with Crippen LogP contribution in [0.2, 0.25) is 0 Å². The van der Waals surface area contributed by atoms with Crippen molar-refractivity contribution >= 4 is 21.4 Å². The molecule has 0 aliphatic carbocycles. The summed E-state index contributed by atoms with van der Waals surface area (Å²) in [5.74, 6) is -1.52. The standard InChI is InChI=1S/C16H13F2NO3S2/c17-13-5-4-12(10-14(13)18)24(20,21)19-8-7-11-3-6-16(23-11)15-2-1-9-22-15/h1-6,9-10,19H,7-8H2. The molecule has 0 spiro atoms. The van der Waals surface area contributed by atoms with Gasteiger partial charge in [-0.3, -0.25) is 0 Å². The zero-order valence-electron chi connectivity index (χ0n) is 12.3. The van der Waals surface area contributed by atoms with Gasteiger partial charge in [0.05, 0.1) is 16.0 Å². The van der Waals surface area contributed by atoms with Crippen LogP contribution in [0.3, 0.4) is 0 Å². The quantitative estimate of drug-likeness (QED) is 0.719. The molecule has 0 bridgehead atoms. The van der Waals surface area contributed by atoms with E-state index in [-0.39, 0.29) is 11.4 Å². The smallest absolute Gasteiger partial charge is 0.240 e. The lowest BCUT2D eigenvalue weighted by molar-refractivity contribution is 0.504. The van der Waals surface area contributed by atoms with Crippen LogP contribution in [0.1, 0.15) is 4.88 Å². The predicted octanol–water partition coefficient (Wildman–Crippen LogP) is 3.81. The van der Waals surface area contributed by atoms with E-state index in [2.05, 4.69) is 4.72 Å². The average molecular weight is 369 g/mol. The molecule has 0 unspecified atom stereocenters. The highest BCUT2D eigenvalue weighted by atomic mass is 32.2. The maximum atomic E-state index is 13.2. The van der Waals surface area contributed by atoms with Crippen molar-refractivity contribution in [1.29, 1.82) is 0 Å². The third-order valence-electron chi connectivity index (χ3n) is 3.29. The number of rotatable bonds is 6. The molecular weight excluding hydrogens is 356 g/mol. The normalized spacial score (nSPS) is 11.8. The lowest BCUT2D eigenvalue weighted by Gasteiger charge is -2.06. The largest absolute Gasteiger partial charge is 0.464 e. The van der Waals surface area contributed by atoms with E-state index in [1.54, 1.807) is 12.3 Å². The first kappa shape index (κ1) is 16.8. The van der Waals surface area contributed by atoms with Crippen LogP contribution in [0.5, 0.6) is 0 Å². The van der Waals surface area contributed by atoms with E-state index in [1.165, 1.54) is 11.3 Å². The Hall–Kier alpha value is -2.03. The van der Waals surface area contributed by atoms with Crippen LogP contribution in [0.25, 0.3) is 10.6 Å². The molecule has 24 heavy (non-hydrogen) atoms. The van der Waals surface area contributed by atoms with Crippen LogP contribution in [0, 0.1) is 11.6 Å². The molecule has 0 atom stereocenters. The molecular formula is C16H13F2NO3S2. The van der Waals surface area contributed by atoms with Gasteiger partial charge < -0.3 is 4.42 Å². The zero-order chi connectivity index (χ0) is 17.2. The van der Waals surface area contributed by atoms with Gasteiger partial charge in [0.2, 0.25) is 10.0 Å². The van der Waals surface area contributed by atoms with Crippen molar-refractivity contribution in [3.8, 4) is 10.6 Å². The molecule has 3 rings (SSSR count). The van der Waals surface area contributed by atoms with Gasteiger partial charge in [-0.2, -0.15) is 0 Å². The monoisotopic (exact) mass is 369 g/mol. The predicted molar refractivity (Wildman–Crippen MR) is 87.3 cm³/mol. The van der Waals surface area contributed by atoms with E-state index in [1.807, 2.05) is 18.2 Å². The molecule has 2 heterocycles. The Kier molecular flexibility index (Phi) is 4.79. The van der Waals surface area contributed by atoms with E-state index in [0.29, 0.717) is 12.5 Å². The van der Waals surface area contributed by atoms with Gasteiger partial charge >= 0.3 is 0 Å². The van der Waals surface area contributed by atoms with E-state index in [9.17, 15) is 17.2 Å². The summed E-state index contributed by atoms with van der Waals surface area (Å²) in [4.78, 5) is 1.64. The van der Waals surface area contributed by atoms with Gasteiger partial charge in [-0.1, -0.05) is 0 Å². The van der Waals surface area contributed by atoms with Crippen molar-refractivity contribution in [2.24, 2.45) is 0 Å². The summed E-state index contributed by atoms with van der Waals surface area (Å²) in [5, 5.41) is 0. The fourth-order valence-electron chi connectivity index (χ4n) is 2.10. The Morgan fingerprint density at radius 2 is 1.92 bits per heavy atom. The third-order valence-corrected chi connectivity index (χ3v) is 5.91. The molecule has 0 fully saturated rings. The Labute approximate surface area is 141 Å². The van der Waals surface area contributed by atoms with Crippen molar-refractivity contribution in [2.45, 2.75) is 11.3 Å². The van der Waals surface area contributed by atoms with Gasteiger partial charge in [0.1, 0.15) is 5.76 Å². The molecule has 0 saturated heterocycles. The Balaban J connectivity index is 1.62. The number of benzene rings is 1. The summed E-state index contributed by atoms with van der Waals surface area (Å²) in [6.07, 6.45) is 2.07. The first-order chi connectivity index (χ1) is 11.5. The molecule has 0 amide bonds. The number of hydrogen-bond acceptors (Lipinski definition) is 4. The van der Waals surface area contributed by atoms with E-state index >= 15 is 0 Å². The summed E-state index contributed by atoms with van der Waals surface area (Å²) < 4.78 is 57.9. The third kappa shape index (κ3) is 3.72. The van der Waals surface area contributed by atoms with Crippen LogP contribution in [0.4, 0.5) is 8.78 Å². The Morgan fingerprint density at radius 3 is 2.62 bits per heavy atom. The summed E-state index contributed by atoms with van der Waals surface area (Å²) in [6, 6.07) is 9.93. The second-order valence-corrected chi connectivity index (χ2v) is 7.90. The maximum absolute atomic E-state index is 13.2. The van der Waals surface area contributed by atoms with Gasteiger partial charge in [0, 0.05) is 11.4 Å². The molecule has 3 aromatic rings. The number of halogens is 2. The highest BCUT2D eigenvalue weighted by Crippen LogP contribution is 2.28. The number of furan rings is 1. The van der Waals surface area contributed by atoms with Crippen LogP contribution in [-0.2, 0) is 16.4 Å². The lowest BCUT2D eigenvalue weighted by atomic mass is 10.3. The number of sulfonamides is 1. The van der Waals surface area contributed by atoms with Crippen molar-refractivity contribution in [3.05, 3.63) is 65.2 Å². The summed E-state index contributed by atoms with van der Waals surface area (Å²) in [7, 11) is -3.88. The van der Waals surface area contributed by atoms with E-state index in [4.69, 9.17) is 4.42 Å². The first-order valence-corrected chi connectivity index (χ1v) is 9.33. The lowest BCUT2D eigenvalue weighted by Crippen LogP contribution is -2.26. The fourth-order valence-corrected chi connectivity index (χ4v) is 4.12. The van der Waals surface area contributed by atoms with Crippen molar-refractivity contribution in [3.63, 3.8) is 0 Å². The number of nitrogens with one attached hydrogen (secondary N) is 1. The second kappa shape index (κ2) is 6.84. The molecule has 0 aliphatic heterocycles. The van der Waals surface area contributed by atoms with Gasteiger partial charge in [-0.05, 0) is 48.9 Å².